The van der Waals surface area contributed by atoms with Gasteiger partial charge >= 0.3 is 0 Å². The molecule has 0 atom stereocenters. The van der Waals surface area contributed by atoms with Gasteiger partial charge in [0.1, 0.15) is 0 Å². The molecule has 0 heterocycles. The number of anilines is 1. The lowest BCUT2D eigenvalue weighted by atomic mass is 10.1. The van der Waals surface area contributed by atoms with E-state index in [1.807, 2.05) is 0 Å². The van der Waals surface area contributed by atoms with Crippen LogP contribution in [0.4, 0.5) is 5.69 Å². The SMILES string of the molecule is Nc1ccccc1C(=O)CCO. The van der Waals surface area contributed by atoms with Gasteiger partial charge in [-0.2, -0.15) is 0 Å². The summed E-state index contributed by atoms with van der Waals surface area (Å²) in [4.78, 5) is 11.2. The first-order chi connectivity index (χ1) is 5.75. The third-order valence-corrected chi connectivity index (χ3v) is 1.60. The van der Waals surface area contributed by atoms with E-state index in [-0.39, 0.29) is 18.8 Å². The number of carbonyl (C=O) groups excluding carboxylic acids is 1. The molecule has 0 spiro atoms. The molecule has 1 rings (SSSR count). The average molecular weight is 165 g/mol. The van der Waals surface area contributed by atoms with E-state index in [9.17, 15) is 4.79 Å². The van der Waals surface area contributed by atoms with Crippen LogP contribution >= 0.6 is 0 Å². The molecule has 0 aliphatic rings. The van der Waals surface area contributed by atoms with Crippen molar-refractivity contribution in [2.45, 2.75) is 6.42 Å². The van der Waals surface area contributed by atoms with Crippen LogP contribution in [0.3, 0.4) is 0 Å². The van der Waals surface area contributed by atoms with E-state index in [2.05, 4.69) is 0 Å². The van der Waals surface area contributed by atoms with Crippen LogP contribution in [-0.2, 0) is 0 Å². The summed E-state index contributed by atoms with van der Waals surface area (Å²) in [6.07, 6.45) is 0.133. The number of para-hydroxylation sites is 1. The molecule has 64 valence electrons. The molecule has 1 aromatic carbocycles. The fourth-order valence-electron chi connectivity index (χ4n) is 0.987. The fourth-order valence-corrected chi connectivity index (χ4v) is 0.987. The normalized spacial score (nSPS) is 9.75. The summed E-state index contributed by atoms with van der Waals surface area (Å²) < 4.78 is 0. The topological polar surface area (TPSA) is 63.3 Å². The molecule has 0 aliphatic carbocycles. The molecule has 0 unspecified atom stereocenters. The number of benzene rings is 1. The number of carbonyl (C=O) groups is 1. The van der Waals surface area contributed by atoms with Crippen molar-refractivity contribution < 1.29 is 9.90 Å². The summed E-state index contributed by atoms with van der Waals surface area (Å²) in [5.74, 6) is -0.115. The molecule has 3 heteroatoms. The Kier molecular flexibility index (Phi) is 2.82. The lowest BCUT2D eigenvalue weighted by molar-refractivity contribution is 0.0957. The monoisotopic (exact) mass is 165 g/mol. The second-order valence-corrected chi connectivity index (χ2v) is 2.48. The molecule has 0 saturated heterocycles. The Morgan fingerprint density at radius 3 is 2.67 bits per heavy atom. The minimum atomic E-state index is -0.132. The van der Waals surface area contributed by atoms with Gasteiger partial charge in [0.15, 0.2) is 5.78 Å². The van der Waals surface area contributed by atoms with Gasteiger partial charge in [0.05, 0.1) is 6.61 Å². The summed E-state index contributed by atoms with van der Waals surface area (Å²) in [7, 11) is 0. The van der Waals surface area contributed by atoms with E-state index in [0.29, 0.717) is 11.3 Å². The second-order valence-electron chi connectivity index (χ2n) is 2.48. The van der Waals surface area contributed by atoms with Crippen LogP contribution in [-0.4, -0.2) is 17.5 Å². The van der Waals surface area contributed by atoms with Crippen molar-refractivity contribution in [2.24, 2.45) is 0 Å². The van der Waals surface area contributed by atoms with Gasteiger partial charge in [0, 0.05) is 17.7 Å². The van der Waals surface area contributed by atoms with Gasteiger partial charge in [-0.25, -0.2) is 0 Å². The molecule has 0 amide bonds. The fraction of sp³-hybridized carbons (Fsp3) is 0.222. The highest BCUT2D eigenvalue weighted by atomic mass is 16.3. The molecule has 0 fully saturated rings. The predicted octanol–water partition coefficient (Wildman–Crippen LogP) is 0.834. The van der Waals surface area contributed by atoms with E-state index in [1.54, 1.807) is 24.3 Å². The van der Waals surface area contributed by atoms with Gasteiger partial charge < -0.3 is 10.8 Å². The van der Waals surface area contributed by atoms with E-state index >= 15 is 0 Å². The van der Waals surface area contributed by atoms with Gasteiger partial charge in [0.25, 0.3) is 0 Å². The van der Waals surface area contributed by atoms with Gasteiger partial charge in [-0.15, -0.1) is 0 Å². The van der Waals surface area contributed by atoms with Gasteiger partial charge in [0.2, 0.25) is 0 Å². The maximum absolute atomic E-state index is 11.2. The number of nitrogens with two attached hydrogens (primary N) is 1. The Morgan fingerprint density at radius 2 is 2.08 bits per heavy atom. The van der Waals surface area contributed by atoms with Crippen molar-refractivity contribution in [1.29, 1.82) is 0 Å². The Balaban J connectivity index is 2.87. The summed E-state index contributed by atoms with van der Waals surface area (Å²) in [5.41, 5.74) is 6.51. The number of ketones is 1. The summed E-state index contributed by atoms with van der Waals surface area (Å²) in [5, 5.41) is 8.53. The maximum Gasteiger partial charge on any atom is 0.167 e. The summed E-state index contributed by atoms with van der Waals surface area (Å²) >= 11 is 0. The zero-order chi connectivity index (χ0) is 8.97. The summed E-state index contributed by atoms with van der Waals surface area (Å²) in [6, 6.07) is 6.85. The smallest absolute Gasteiger partial charge is 0.167 e. The quantitative estimate of drug-likeness (QED) is 0.515. The van der Waals surface area contributed by atoms with Crippen molar-refractivity contribution >= 4 is 11.5 Å². The van der Waals surface area contributed by atoms with Crippen LogP contribution in [0.1, 0.15) is 16.8 Å². The van der Waals surface area contributed by atoms with Crippen LogP contribution in [0, 0.1) is 0 Å². The predicted molar refractivity (Wildman–Crippen MR) is 46.9 cm³/mol. The Bertz CT molecular complexity index is 284. The standard InChI is InChI=1S/C9H11NO2/c10-8-4-2-1-3-7(8)9(12)5-6-11/h1-4,11H,5-6,10H2. The molecule has 0 saturated carbocycles. The first-order valence-electron chi connectivity index (χ1n) is 3.74. The Labute approximate surface area is 70.8 Å². The van der Waals surface area contributed by atoms with Crippen LogP contribution in [0.2, 0.25) is 0 Å². The zero-order valence-corrected chi connectivity index (χ0v) is 6.66. The largest absolute Gasteiger partial charge is 0.398 e. The minimum absolute atomic E-state index is 0.115. The van der Waals surface area contributed by atoms with E-state index < -0.39 is 0 Å². The third kappa shape index (κ3) is 1.83. The number of hydrogen-bond acceptors (Lipinski definition) is 3. The number of Topliss-reactive ketones (excluding diaryl/α,β-unsaturated/α-hetero) is 1. The van der Waals surface area contributed by atoms with E-state index in [0.717, 1.165) is 0 Å². The van der Waals surface area contributed by atoms with Crippen molar-refractivity contribution in [3.63, 3.8) is 0 Å². The Morgan fingerprint density at radius 1 is 1.42 bits per heavy atom. The van der Waals surface area contributed by atoms with Crippen LogP contribution < -0.4 is 5.73 Å². The number of aliphatic hydroxyl groups is 1. The third-order valence-electron chi connectivity index (χ3n) is 1.60. The Hall–Kier alpha value is -1.35. The molecule has 0 bridgehead atoms. The molecule has 3 N–H and O–H groups in total. The molecule has 0 radical (unpaired) electrons. The molecule has 0 aromatic heterocycles. The maximum atomic E-state index is 11.2. The van der Waals surface area contributed by atoms with Crippen molar-refractivity contribution in [3.05, 3.63) is 29.8 Å². The van der Waals surface area contributed by atoms with Crippen LogP contribution in [0.15, 0.2) is 24.3 Å². The highest BCUT2D eigenvalue weighted by Crippen LogP contribution is 2.12. The van der Waals surface area contributed by atoms with E-state index in [1.165, 1.54) is 0 Å². The van der Waals surface area contributed by atoms with Crippen molar-refractivity contribution in [2.75, 3.05) is 12.3 Å². The van der Waals surface area contributed by atoms with Gasteiger partial charge in [-0.05, 0) is 12.1 Å². The average Bonchev–Trinajstić information content (AvgIpc) is 2.05. The van der Waals surface area contributed by atoms with Gasteiger partial charge in [-0.1, -0.05) is 12.1 Å². The first-order valence-corrected chi connectivity index (χ1v) is 3.74. The minimum Gasteiger partial charge on any atom is -0.398 e. The summed E-state index contributed by atoms with van der Waals surface area (Å²) in [6.45, 7) is -0.132. The van der Waals surface area contributed by atoms with Crippen molar-refractivity contribution in [1.82, 2.24) is 0 Å². The molecule has 3 nitrogen and oxygen atoms in total. The molecular formula is C9H11NO2. The lowest BCUT2D eigenvalue weighted by Gasteiger charge is -2.01. The first kappa shape index (κ1) is 8.74. The molecule has 0 aliphatic heterocycles. The highest BCUT2D eigenvalue weighted by Gasteiger charge is 2.06. The number of rotatable bonds is 3. The molecule has 1 aromatic rings. The second kappa shape index (κ2) is 3.88. The van der Waals surface area contributed by atoms with Crippen molar-refractivity contribution in [3.8, 4) is 0 Å². The number of aliphatic hydroxyl groups excluding tert-OH is 1. The zero-order valence-electron chi connectivity index (χ0n) is 6.66. The lowest BCUT2D eigenvalue weighted by Crippen LogP contribution is -2.04. The van der Waals surface area contributed by atoms with Crippen LogP contribution in [0.5, 0.6) is 0 Å². The highest BCUT2D eigenvalue weighted by molar-refractivity contribution is 6.00. The number of hydrogen-bond donors (Lipinski definition) is 2. The number of nitrogen functional groups attached to an aromatic ring is 1. The molecular weight excluding hydrogens is 154 g/mol. The van der Waals surface area contributed by atoms with Crippen LogP contribution in [0.25, 0.3) is 0 Å². The van der Waals surface area contributed by atoms with E-state index in [4.69, 9.17) is 10.8 Å². The van der Waals surface area contributed by atoms with Gasteiger partial charge in [-0.3, -0.25) is 4.79 Å². The molecule has 12 heavy (non-hydrogen) atoms.